The third-order valence-electron chi connectivity index (χ3n) is 4.10. The number of aryl methyl sites for hydroxylation is 2. The summed E-state index contributed by atoms with van der Waals surface area (Å²) in [7, 11) is 0. The number of hydrogen-bond acceptors (Lipinski definition) is 5. The van der Waals surface area contributed by atoms with Gasteiger partial charge in [-0.3, -0.25) is 9.69 Å². The van der Waals surface area contributed by atoms with E-state index in [1.807, 2.05) is 6.92 Å². The molecule has 1 N–H and O–H groups in total. The van der Waals surface area contributed by atoms with Crippen molar-refractivity contribution < 1.29 is 9.53 Å². The Kier molecular flexibility index (Phi) is 5.60. The fourth-order valence-corrected chi connectivity index (χ4v) is 3.67. The third kappa shape index (κ3) is 4.63. The van der Waals surface area contributed by atoms with Gasteiger partial charge in [0, 0.05) is 24.4 Å². The molecule has 6 heteroatoms. The number of carbonyl (C=O) groups excluding carboxylic acids is 1. The predicted molar refractivity (Wildman–Crippen MR) is 96.7 cm³/mol. The predicted octanol–water partition coefficient (Wildman–Crippen LogP) is 2.62. The average molecular weight is 345 g/mol. The lowest BCUT2D eigenvalue weighted by Crippen LogP contribution is -2.41. The number of thiazole rings is 1. The van der Waals surface area contributed by atoms with E-state index < -0.39 is 0 Å². The van der Waals surface area contributed by atoms with E-state index in [1.54, 1.807) is 11.3 Å². The molecule has 2 heterocycles. The van der Waals surface area contributed by atoms with Crippen molar-refractivity contribution in [3.8, 4) is 0 Å². The lowest BCUT2D eigenvalue weighted by atomic mass is 10.1. The van der Waals surface area contributed by atoms with Gasteiger partial charge in [0.05, 0.1) is 25.5 Å². The summed E-state index contributed by atoms with van der Waals surface area (Å²) in [5.74, 6) is -0.00691. The second-order valence-corrected chi connectivity index (χ2v) is 7.21. The molecule has 0 atom stereocenters. The van der Waals surface area contributed by atoms with E-state index in [0.29, 0.717) is 24.9 Å². The normalized spacial score (nSPS) is 15.4. The molecule has 24 heavy (non-hydrogen) atoms. The van der Waals surface area contributed by atoms with E-state index in [2.05, 4.69) is 46.4 Å². The largest absolute Gasteiger partial charge is 0.379 e. The quantitative estimate of drug-likeness (QED) is 0.905. The maximum atomic E-state index is 12.2. The fourth-order valence-electron chi connectivity index (χ4n) is 2.66. The van der Waals surface area contributed by atoms with Gasteiger partial charge >= 0.3 is 0 Å². The van der Waals surface area contributed by atoms with Crippen LogP contribution in [-0.4, -0.2) is 48.6 Å². The molecule has 0 aliphatic carbocycles. The number of carbonyl (C=O) groups is 1. The molecular weight excluding hydrogens is 322 g/mol. The number of morpholine rings is 1. The van der Waals surface area contributed by atoms with E-state index in [0.717, 1.165) is 25.2 Å². The molecule has 0 unspecified atom stereocenters. The minimum atomic E-state index is -0.00691. The molecule has 0 saturated carbocycles. The van der Waals surface area contributed by atoms with E-state index in [1.165, 1.54) is 16.0 Å². The molecule has 1 fully saturated rings. The molecule has 5 nitrogen and oxygen atoms in total. The average Bonchev–Trinajstić information content (AvgIpc) is 2.89. The van der Waals surface area contributed by atoms with Gasteiger partial charge in [-0.2, -0.15) is 0 Å². The van der Waals surface area contributed by atoms with Gasteiger partial charge < -0.3 is 10.1 Å². The Bertz CT molecular complexity index is 691. The number of anilines is 1. The highest BCUT2D eigenvalue weighted by atomic mass is 32.1. The first-order chi connectivity index (χ1) is 11.6. The van der Waals surface area contributed by atoms with Gasteiger partial charge in [0.15, 0.2) is 5.13 Å². The number of ether oxygens (including phenoxy) is 1. The number of rotatable bonds is 5. The smallest absolute Gasteiger partial charge is 0.240 e. The highest BCUT2D eigenvalue weighted by molar-refractivity contribution is 7.15. The van der Waals surface area contributed by atoms with Crippen LogP contribution in [-0.2, 0) is 16.0 Å². The number of amides is 1. The number of benzene rings is 1. The van der Waals surface area contributed by atoms with Crippen LogP contribution in [0.1, 0.15) is 21.7 Å². The molecule has 3 rings (SSSR count). The summed E-state index contributed by atoms with van der Waals surface area (Å²) in [6.45, 7) is 7.50. The topological polar surface area (TPSA) is 54.5 Å². The SMILES string of the molecule is Cc1ccc(Cc2sc(NC(=O)CN3CCOCC3)nc2C)cc1. The minimum Gasteiger partial charge on any atom is -0.379 e. The second kappa shape index (κ2) is 7.88. The molecule has 1 aromatic carbocycles. The molecule has 1 aliphatic heterocycles. The van der Waals surface area contributed by atoms with Crippen molar-refractivity contribution in [1.82, 2.24) is 9.88 Å². The highest BCUT2D eigenvalue weighted by Crippen LogP contribution is 2.25. The van der Waals surface area contributed by atoms with Gasteiger partial charge in [0.2, 0.25) is 5.91 Å². The molecule has 128 valence electrons. The molecule has 2 aromatic rings. The Morgan fingerprint density at radius 2 is 1.96 bits per heavy atom. The van der Waals surface area contributed by atoms with Crippen LogP contribution in [0, 0.1) is 13.8 Å². The second-order valence-electron chi connectivity index (χ2n) is 6.13. The molecule has 1 aromatic heterocycles. The Balaban J connectivity index is 1.58. The number of nitrogens with zero attached hydrogens (tertiary/aromatic N) is 2. The Hall–Kier alpha value is -1.76. The Morgan fingerprint density at radius 3 is 2.67 bits per heavy atom. The Labute approximate surface area is 146 Å². The van der Waals surface area contributed by atoms with Crippen LogP contribution in [0.15, 0.2) is 24.3 Å². The summed E-state index contributed by atoms with van der Waals surface area (Å²) in [6, 6.07) is 8.53. The van der Waals surface area contributed by atoms with E-state index in [4.69, 9.17) is 4.74 Å². The van der Waals surface area contributed by atoms with Crippen molar-refractivity contribution in [2.45, 2.75) is 20.3 Å². The van der Waals surface area contributed by atoms with Crippen LogP contribution < -0.4 is 5.32 Å². The van der Waals surface area contributed by atoms with Crippen LogP contribution >= 0.6 is 11.3 Å². The van der Waals surface area contributed by atoms with Gasteiger partial charge in [-0.25, -0.2) is 4.98 Å². The van der Waals surface area contributed by atoms with Crippen LogP contribution in [0.3, 0.4) is 0 Å². The first-order valence-corrected chi connectivity index (χ1v) is 9.03. The summed E-state index contributed by atoms with van der Waals surface area (Å²) >= 11 is 1.56. The molecule has 1 aliphatic rings. The number of aromatic nitrogens is 1. The monoisotopic (exact) mass is 345 g/mol. The minimum absolute atomic E-state index is 0.00691. The molecule has 1 amide bonds. The van der Waals surface area contributed by atoms with Crippen molar-refractivity contribution in [2.75, 3.05) is 38.2 Å². The van der Waals surface area contributed by atoms with E-state index in [-0.39, 0.29) is 5.91 Å². The van der Waals surface area contributed by atoms with Crippen molar-refractivity contribution >= 4 is 22.4 Å². The molecule has 0 radical (unpaired) electrons. The van der Waals surface area contributed by atoms with Gasteiger partial charge in [0.1, 0.15) is 0 Å². The first kappa shape index (κ1) is 17.1. The highest BCUT2D eigenvalue weighted by Gasteiger charge is 2.16. The van der Waals surface area contributed by atoms with E-state index >= 15 is 0 Å². The van der Waals surface area contributed by atoms with E-state index in [9.17, 15) is 4.79 Å². The van der Waals surface area contributed by atoms with Crippen LogP contribution in [0.4, 0.5) is 5.13 Å². The molecule has 1 saturated heterocycles. The molecule has 0 bridgehead atoms. The van der Waals surface area contributed by atoms with Crippen molar-refractivity contribution in [2.24, 2.45) is 0 Å². The number of hydrogen-bond donors (Lipinski definition) is 1. The van der Waals surface area contributed by atoms with Gasteiger partial charge in [-0.15, -0.1) is 11.3 Å². The van der Waals surface area contributed by atoms with Gasteiger partial charge in [-0.1, -0.05) is 29.8 Å². The summed E-state index contributed by atoms with van der Waals surface area (Å²) < 4.78 is 5.30. The van der Waals surface area contributed by atoms with Crippen molar-refractivity contribution in [3.05, 3.63) is 46.0 Å². The van der Waals surface area contributed by atoms with Crippen molar-refractivity contribution in [3.63, 3.8) is 0 Å². The maximum absolute atomic E-state index is 12.2. The van der Waals surface area contributed by atoms with Gasteiger partial charge in [-0.05, 0) is 19.4 Å². The lowest BCUT2D eigenvalue weighted by molar-refractivity contribution is -0.118. The zero-order valence-corrected chi connectivity index (χ0v) is 15.0. The zero-order chi connectivity index (χ0) is 16.9. The zero-order valence-electron chi connectivity index (χ0n) is 14.2. The van der Waals surface area contributed by atoms with Crippen molar-refractivity contribution in [1.29, 1.82) is 0 Å². The third-order valence-corrected chi connectivity index (χ3v) is 5.17. The van der Waals surface area contributed by atoms with Gasteiger partial charge in [0.25, 0.3) is 0 Å². The molecule has 0 spiro atoms. The first-order valence-electron chi connectivity index (χ1n) is 8.22. The van der Waals surface area contributed by atoms with Crippen LogP contribution in [0.5, 0.6) is 0 Å². The summed E-state index contributed by atoms with van der Waals surface area (Å²) in [4.78, 5) is 20.0. The standard InChI is InChI=1S/C18H23N3O2S/c1-13-3-5-15(6-4-13)11-16-14(2)19-18(24-16)20-17(22)12-21-7-9-23-10-8-21/h3-6H,7-12H2,1-2H3,(H,19,20,22). The molecular formula is C18H23N3O2S. The lowest BCUT2D eigenvalue weighted by Gasteiger charge is -2.25. The summed E-state index contributed by atoms with van der Waals surface area (Å²) in [6.07, 6.45) is 0.850. The number of nitrogens with one attached hydrogen (secondary N) is 1. The Morgan fingerprint density at radius 1 is 1.25 bits per heavy atom. The summed E-state index contributed by atoms with van der Waals surface area (Å²) in [5.41, 5.74) is 3.51. The van der Waals surface area contributed by atoms with Crippen LogP contribution in [0.25, 0.3) is 0 Å². The van der Waals surface area contributed by atoms with Crippen LogP contribution in [0.2, 0.25) is 0 Å². The summed E-state index contributed by atoms with van der Waals surface area (Å²) in [5, 5.41) is 3.62. The fraction of sp³-hybridized carbons (Fsp3) is 0.444. The maximum Gasteiger partial charge on any atom is 0.240 e.